The number of nitrogens with one attached hydrogen (secondary N) is 1. The summed E-state index contributed by atoms with van der Waals surface area (Å²) < 4.78 is 18.1. The van der Waals surface area contributed by atoms with E-state index < -0.39 is 12.3 Å². The van der Waals surface area contributed by atoms with Crippen molar-refractivity contribution < 1.29 is 9.18 Å². The molecule has 1 saturated heterocycles. The van der Waals surface area contributed by atoms with Crippen LogP contribution in [0.4, 0.5) is 10.2 Å². The first kappa shape index (κ1) is 22.0. The van der Waals surface area contributed by atoms with Crippen LogP contribution in [0.5, 0.6) is 0 Å². The Morgan fingerprint density at radius 3 is 2.74 bits per heavy atom. The largest absolute Gasteiger partial charge is 0.344 e. The summed E-state index contributed by atoms with van der Waals surface area (Å²) >= 11 is 0. The molecule has 0 aliphatic carbocycles. The molecule has 7 nitrogen and oxygen atoms in total. The van der Waals surface area contributed by atoms with Crippen LogP contribution >= 0.6 is 0 Å². The van der Waals surface area contributed by atoms with Gasteiger partial charge in [-0.05, 0) is 49.4 Å². The lowest BCUT2D eigenvalue weighted by atomic mass is 9.87. The highest BCUT2D eigenvalue weighted by atomic mass is 19.1. The molecule has 3 atom stereocenters. The quantitative estimate of drug-likeness (QED) is 0.453. The monoisotopic (exact) mass is 458 g/mol. The lowest BCUT2D eigenvalue weighted by Gasteiger charge is -2.42. The number of carbonyl (C=O) groups excluding carboxylic acids is 1. The van der Waals surface area contributed by atoms with Gasteiger partial charge in [0.05, 0.1) is 11.7 Å². The molecule has 0 spiro atoms. The molecule has 8 heteroatoms. The highest BCUT2D eigenvalue weighted by Crippen LogP contribution is 2.37. The van der Waals surface area contributed by atoms with Crippen LogP contribution < -0.4 is 10.2 Å². The molecule has 1 N–H and O–H groups in total. The molecule has 2 aromatic carbocycles. The molecule has 0 unspecified atom stereocenters. The minimum atomic E-state index is -1.49. The summed E-state index contributed by atoms with van der Waals surface area (Å²) in [5.41, 5.74) is 2.21. The third kappa shape index (κ3) is 4.00. The highest BCUT2D eigenvalue weighted by Gasteiger charge is 2.42. The summed E-state index contributed by atoms with van der Waals surface area (Å²) in [4.78, 5) is 19.3. The Balaban J connectivity index is 1.53. The van der Waals surface area contributed by atoms with Gasteiger partial charge in [0, 0.05) is 42.4 Å². The second-order valence-corrected chi connectivity index (χ2v) is 8.63. The standard InChI is InChI=1S/C26H27FN6O/c1-3-32-16-21(30-31-32)20-13-15-33(25-22-17(2)8-7-11-18(22)12-14-28-25)24(27)23(20)29-26(34)19-9-5-4-6-10-19/h4-12,14,16,20,23-24H,3,13,15H2,1-2H3,(H,29,34)/t20-,23+,24-/m0/s1. The van der Waals surface area contributed by atoms with Gasteiger partial charge in [-0.2, -0.15) is 0 Å². The molecule has 174 valence electrons. The average Bonchev–Trinajstić information content (AvgIpc) is 3.35. The number of carbonyl (C=O) groups is 1. The number of hydrogen-bond donors (Lipinski definition) is 1. The molecule has 0 saturated carbocycles. The molecular formula is C26H27FN6O. The molecule has 34 heavy (non-hydrogen) atoms. The van der Waals surface area contributed by atoms with Crippen molar-refractivity contribution in [2.75, 3.05) is 11.4 Å². The molecular weight excluding hydrogens is 431 g/mol. The fourth-order valence-electron chi connectivity index (χ4n) is 4.76. The van der Waals surface area contributed by atoms with Gasteiger partial charge in [0.15, 0.2) is 6.30 Å². The van der Waals surface area contributed by atoms with Gasteiger partial charge >= 0.3 is 0 Å². The fraction of sp³-hybridized carbons (Fsp3) is 0.308. The third-order valence-electron chi connectivity index (χ3n) is 6.55. The van der Waals surface area contributed by atoms with Crippen LogP contribution in [-0.2, 0) is 6.54 Å². The Bertz CT molecular complexity index is 1300. The Morgan fingerprint density at radius 1 is 1.15 bits per heavy atom. The van der Waals surface area contributed by atoms with Crippen LogP contribution in [0.3, 0.4) is 0 Å². The normalized spacial score (nSPS) is 20.4. The van der Waals surface area contributed by atoms with Crippen molar-refractivity contribution in [2.45, 2.75) is 45.1 Å². The van der Waals surface area contributed by atoms with E-state index >= 15 is 4.39 Å². The van der Waals surface area contributed by atoms with Crippen LogP contribution in [0.25, 0.3) is 10.8 Å². The van der Waals surface area contributed by atoms with Crippen LogP contribution in [0.15, 0.2) is 67.0 Å². The summed E-state index contributed by atoms with van der Waals surface area (Å²) in [7, 11) is 0. The number of fused-ring (bicyclic) bond motifs is 1. The number of piperidine rings is 1. The molecule has 5 rings (SSSR count). The number of benzene rings is 2. The second-order valence-electron chi connectivity index (χ2n) is 8.63. The predicted molar refractivity (Wildman–Crippen MR) is 129 cm³/mol. The van der Waals surface area contributed by atoms with Crippen LogP contribution in [0.2, 0.25) is 0 Å². The van der Waals surface area contributed by atoms with Gasteiger partial charge in [0.2, 0.25) is 0 Å². The van der Waals surface area contributed by atoms with E-state index in [4.69, 9.17) is 0 Å². The van der Waals surface area contributed by atoms with Gasteiger partial charge in [0.1, 0.15) is 5.82 Å². The Kier molecular flexibility index (Phi) is 5.96. The minimum absolute atomic E-state index is 0.310. The van der Waals surface area contributed by atoms with Crippen molar-refractivity contribution in [3.05, 3.63) is 83.8 Å². The number of nitrogens with zero attached hydrogens (tertiary/aromatic N) is 5. The Hall–Kier alpha value is -3.81. The highest BCUT2D eigenvalue weighted by molar-refractivity contribution is 5.96. The van der Waals surface area contributed by atoms with Gasteiger partial charge in [-0.3, -0.25) is 9.48 Å². The molecule has 0 radical (unpaired) electrons. The summed E-state index contributed by atoms with van der Waals surface area (Å²) in [6.07, 6.45) is 2.66. The predicted octanol–water partition coefficient (Wildman–Crippen LogP) is 4.24. The lowest BCUT2D eigenvalue weighted by Crippen LogP contribution is -2.57. The van der Waals surface area contributed by atoms with E-state index in [0.29, 0.717) is 36.6 Å². The number of rotatable bonds is 5. The third-order valence-corrected chi connectivity index (χ3v) is 6.55. The summed E-state index contributed by atoms with van der Waals surface area (Å²) in [6, 6.07) is 16.0. The number of aromatic nitrogens is 4. The number of alkyl halides is 1. The first-order valence-electron chi connectivity index (χ1n) is 11.6. The van der Waals surface area contributed by atoms with Gasteiger partial charge in [0.25, 0.3) is 5.91 Å². The number of halogens is 1. The maximum Gasteiger partial charge on any atom is 0.251 e. The van der Waals surface area contributed by atoms with E-state index in [0.717, 1.165) is 16.3 Å². The molecule has 3 heterocycles. The minimum Gasteiger partial charge on any atom is -0.344 e. The van der Waals surface area contributed by atoms with Crippen molar-refractivity contribution in [1.29, 1.82) is 0 Å². The van der Waals surface area contributed by atoms with Crippen molar-refractivity contribution in [3.8, 4) is 0 Å². The molecule has 1 aliphatic rings. The SMILES string of the molecule is CCn1cc([C@@H]2CCN(c3nccc4cccc(C)c34)[C@H](F)[C@@H]2NC(=O)c2ccccc2)nn1. The number of anilines is 1. The van der Waals surface area contributed by atoms with E-state index in [2.05, 4.69) is 20.6 Å². The van der Waals surface area contributed by atoms with Gasteiger partial charge in [-0.25, -0.2) is 9.37 Å². The van der Waals surface area contributed by atoms with E-state index in [1.54, 1.807) is 40.0 Å². The first-order chi connectivity index (χ1) is 16.6. The molecule has 2 aromatic heterocycles. The van der Waals surface area contributed by atoms with E-state index in [1.807, 2.05) is 50.4 Å². The van der Waals surface area contributed by atoms with Gasteiger partial charge in [-0.15, -0.1) is 5.10 Å². The van der Waals surface area contributed by atoms with Gasteiger partial charge < -0.3 is 10.2 Å². The zero-order valence-corrected chi connectivity index (χ0v) is 19.2. The summed E-state index contributed by atoms with van der Waals surface area (Å²) in [6.45, 7) is 5.10. The zero-order valence-electron chi connectivity index (χ0n) is 19.2. The molecule has 1 fully saturated rings. The second kappa shape index (κ2) is 9.21. The summed E-state index contributed by atoms with van der Waals surface area (Å²) in [5, 5.41) is 13.3. The Morgan fingerprint density at radius 2 is 1.97 bits per heavy atom. The molecule has 1 amide bonds. The summed E-state index contributed by atoms with van der Waals surface area (Å²) in [5.74, 6) is -0.0296. The van der Waals surface area contributed by atoms with Crippen LogP contribution in [-0.4, -0.2) is 44.8 Å². The van der Waals surface area contributed by atoms with Crippen molar-refractivity contribution in [1.82, 2.24) is 25.3 Å². The van der Waals surface area contributed by atoms with Crippen molar-refractivity contribution in [3.63, 3.8) is 0 Å². The molecule has 4 aromatic rings. The van der Waals surface area contributed by atoms with E-state index in [1.165, 1.54) is 0 Å². The molecule has 1 aliphatic heterocycles. The maximum atomic E-state index is 16.4. The van der Waals surface area contributed by atoms with E-state index in [-0.39, 0.29) is 11.8 Å². The first-order valence-corrected chi connectivity index (χ1v) is 11.6. The Labute approximate surface area is 197 Å². The van der Waals surface area contributed by atoms with Crippen LogP contribution in [0.1, 0.15) is 40.9 Å². The average molecular weight is 459 g/mol. The number of pyridine rings is 1. The maximum absolute atomic E-state index is 16.4. The number of aryl methyl sites for hydroxylation is 2. The fourth-order valence-corrected chi connectivity index (χ4v) is 4.76. The van der Waals surface area contributed by atoms with Crippen molar-refractivity contribution in [2.24, 2.45) is 0 Å². The van der Waals surface area contributed by atoms with Gasteiger partial charge in [-0.1, -0.05) is 41.6 Å². The smallest absolute Gasteiger partial charge is 0.251 e. The topological polar surface area (TPSA) is 75.9 Å². The lowest BCUT2D eigenvalue weighted by molar-refractivity contribution is 0.0872. The number of hydrogen-bond acceptors (Lipinski definition) is 5. The van der Waals surface area contributed by atoms with Crippen LogP contribution in [0, 0.1) is 6.92 Å². The molecule has 0 bridgehead atoms. The van der Waals surface area contributed by atoms with Crippen molar-refractivity contribution >= 4 is 22.5 Å². The zero-order chi connectivity index (χ0) is 23.7. The van der Waals surface area contributed by atoms with E-state index in [9.17, 15) is 4.79 Å². The number of amides is 1.